The Labute approximate surface area is 120 Å². The molecule has 0 saturated heterocycles. The van der Waals surface area contributed by atoms with Gasteiger partial charge in [-0.1, -0.05) is 0 Å². The Kier molecular flexibility index (Phi) is 6.04. The molecule has 1 amide bonds. The zero-order valence-corrected chi connectivity index (χ0v) is 11.4. The smallest absolute Gasteiger partial charge is 0.337 e. The summed E-state index contributed by atoms with van der Waals surface area (Å²) >= 11 is 0. The molecule has 0 spiro atoms. The summed E-state index contributed by atoms with van der Waals surface area (Å²) in [4.78, 5) is 24.2. The summed E-state index contributed by atoms with van der Waals surface area (Å²) in [7, 11) is 1.40. The zero-order chi connectivity index (χ0) is 16.0. The van der Waals surface area contributed by atoms with E-state index in [2.05, 4.69) is 4.74 Å². The van der Waals surface area contributed by atoms with Crippen LogP contribution in [0.2, 0.25) is 0 Å². The fraction of sp³-hybridized carbons (Fsp3) is 0.385. The quantitative estimate of drug-likeness (QED) is 0.589. The predicted molar refractivity (Wildman–Crippen MR) is 72.7 cm³/mol. The molecule has 0 unspecified atom stereocenters. The summed E-state index contributed by atoms with van der Waals surface area (Å²) in [5.41, 5.74) is 5.84. The summed E-state index contributed by atoms with van der Waals surface area (Å²) in [6.07, 6.45) is -2.72. The van der Waals surface area contributed by atoms with Crippen LogP contribution in [0.15, 0.2) is 18.2 Å². The molecule has 8 heteroatoms. The number of hydrogen-bond acceptors (Lipinski definition) is 4. The Balaban J connectivity index is 2.72. The van der Waals surface area contributed by atoms with E-state index in [1.54, 1.807) is 0 Å². The number of rotatable bonds is 7. The molecule has 0 aliphatic carbocycles. The lowest BCUT2D eigenvalue weighted by molar-refractivity contribution is -0.119. The fourth-order valence-corrected chi connectivity index (χ4v) is 1.65. The molecule has 0 aliphatic rings. The highest BCUT2D eigenvalue weighted by Crippen LogP contribution is 2.23. The van der Waals surface area contributed by atoms with Crippen molar-refractivity contribution in [3.63, 3.8) is 0 Å². The van der Waals surface area contributed by atoms with Gasteiger partial charge in [0, 0.05) is 12.7 Å². The number of alkyl halides is 2. The number of benzene rings is 1. The van der Waals surface area contributed by atoms with Crippen LogP contribution >= 0.6 is 0 Å². The first-order chi connectivity index (χ1) is 9.82. The molecule has 0 fully saturated rings. The lowest BCUT2D eigenvalue weighted by atomic mass is 10.1. The van der Waals surface area contributed by atoms with Crippen molar-refractivity contribution in [3.05, 3.63) is 23.8 Å². The van der Waals surface area contributed by atoms with Crippen molar-refractivity contribution in [3.8, 4) is 0 Å². The summed E-state index contributed by atoms with van der Waals surface area (Å²) in [5.74, 6) is -1.66. The van der Waals surface area contributed by atoms with Crippen LogP contribution in [0.3, 0.4) is 0 Å². The number of hydrogen-bond donors (Lipinski definition) is 2. The van der Waals surface area contributed by atoms with Crippen molar-refractivity contribution in [2.24, 2.45) is 0 Å². The second-order valence-corrected chi connectivity index (χ2v) is 4.25. The van der Waals surface area contributed by atoms with Crippen molar-refractivity contribution in [2.75, 3.05) is 30.9 Å². The van der Waals surface area contributed by atoms with Gasteiger partial charge in [0.05, 0.1) is 24.3 Å². The van der Waals surface area contributed by atoms with Gasteiger partial charge in [-0.3, -0.25) is 4.79 Å². The van der Waals surface area contributed by atoms with Gasteiger partial charge in [0.15, 0.2) is 0 Å². The van der Waals surface area contributed by atoms with Crippen LogP contribution in [0.4, 0.5) is 20.2 Å². The molecule has 1 aromatic carbocycles. The Bertz CT molecular complexity index is 523. The van der Waals surface area contributed by atoms with E-state index in [0.29, 0.717) is 0 Å². The third-order valence-corrected chi connectivity index (χ3v) is 2.69. The Morgan fingerprint density at radius 2 is 2.10 bits per heavy atom. The number of nitrogens with two attached hydrogens (primary N) is 1. The highest BCUT2D eigenvalue weighted by atomic mass is 19.3. The number of halogens is 2. The molecule has 0 aromatic heterocycles. The molecule has 0 bridgehead atoms. The van der Waals surface area contributed by atoms with E-state index in [9.17, 15) is 18.4 Å². The number of carboxylic acid groups (broad SMARTS) is 1. The second kappa shape index (κ2) is 7.53. The van der Waals surface area contributed by atoms with Gasteiger partial charge in [-0.05, 0) is 18.2 Å². The molecule has 0 aliphatic heterocycles. The second-order valence-electron chi connectivity index (χ2n) is 4.25. The molecule has 21 heavy (non-hydrogen) atoms. The van der Waals surface area contributed by atoms with Gasteiger partial charge in [0.2, 0.25) is 5.91 Å². The number of nitrogens with zero attached hydrogens (tertiary/aromatic N) is 1. The zero-order valence-electron chi connectivity index (χ0n) is 11.4. The van der Waals surface area contributed by atoms with Crippen LogP contribution in [0.25, 0.3) is 0 Å². The summed E-state index contributed by atoms with van der Waals surface area (Å²) in [6, 6.07) is 4.13. The minimum atomic E-state index is -2.59. The van der Waals surface area contributed by atoms with Gasteiger partial charge in [0.1, 0.15) is 6.61 Å². The van der Waals surface area contributed by atoms with Crippen LogP contribution in [-0.4, -0.2) is 43.7 Å². The van der Waals surface area contributed by atoms with E-state index < -0.39 is 24.9 Å². The lowest BCUT2D eigenvalue weighted by Crippen LogP contribution is -2.29. The molecule has 1 rings (SSSR count). The van der Waals surface area contributed by atoms with Crippen molar-refractivity contribution in [2.45, 2.75) is 12.8 Å². The van der Waals surface area contributed by atoms with Gasteiger partial charge in [-0.25, -0.2) is 13.6 Å². The Morgan fingerprint density at radius 3 is 2.67 bits per heavy atom. The first kappa shape index (κ1) is 16.8. The Morgan fingerprint density at radius 1 is 1.43 bits per heavy atom. The molecule has 0 heterocycles. The van der Waals surface area contributed by atoms with Gasteiger partial charge in [-0.2, -0.15) is 0 Å². The normalized spacial score (nSPS) is 10.7. The van der Waals surface area contributed by atoms with E-state index in [-0.39, 0.29) is 30.0 Å². The highest BCUT2D eigenvalue weighted by Gasteiger charge is 2.18. The summed E-state index contributed by atoms with van der Waals surface area (Å²) in [6.45, 7) is -0.899. The summed E-state index contributed by atoms with van der Waals surface area (Å²) in [5, 5.41) is 9.09. The summed E-state index contributed by atoms with van der Waals surface area (Å²) < 4.78 is 28.3. The first-order valence-electron chi connectivity index (χ1n) is 6.08. The first-order valence-corrected chi connectivity index (χ1v) is 6.08. The van der Waals surface area contributed by atoms with Gasteiger partial charge in [-0.15, -0.1) is 0 Å². The number of nitrogen functional groups attached to an aromatic ring is 1. The van der Waals surface area contributed by atoms with E-state index in [0.717, 1.165) is 4.90 Å². The van der Waals surface area contributed by atoms with Crippen molar-refractivity contribution >= 4 is 23.3 Å². The van der Waals surface area contributed by atoms with Crippen molar-refractivity contribution < 1.29 is 28.2 Å². The van der Waals surface area contributed by atoms with Crippen LogP contribution in [0.1, 0.15) is 16.8 Å². The van der Waals surface area contributed by atoms with Crippen molar-refractivity contribution in [1.82, 2.24) is 0 Å². The topological polar surface area (TPSA) is 92.9 Å². The maximum atomic E-state index is 11.9. The standard InChI is InChI=1S/C13H16F2N2O4/c1-17(12(18)4-5-21-7-11(14)15)10-3-2-8(16)6-9(10)13(19)20/h2-3,6,11H,4-5,7,16H2,1H3,(H,19,20). The highest BCUT2D eigenvalue weighted by molar-refractivity contribution is 6.02. The number of ether oxygens (including phenoxy) is 1. The number of anilines is 2. The number of aromatic carboxylic acids is 1. The SMILES string of the molecule is CN(C(=O)CCOCC(F)F)c1ccc(N)cc1C(=O)O. The van der Waals surface area contributed by atoms with Crippen LogP contribution in [0.5, 0.6) is 0 Å². The van der Waals surface area contributed by atoms with E-state index in [1.807, 2.05) is 0 Å². The fourth-order valence-electron chi connectivity index (χ4n) is 1.65. The molecule has 0 atom stereocenters. The Hall–Kier alpha value is -2.22. The molecule has 0 radical (unpaired) electrons. The van der Waals surface area contributed by atoms with Crippen LogP contribution in [0, 0.1) is 0 Å². The number of amides is 1. The average Bonchev–Trinajstić information content (AvgIpc) is 2.42. The average molecular weight is 302 g/mol. The van der Waals surface area contributed by atoms with E-state index >= 15 is 0 Å². The molecular formula is C13H16F2N2O4. The predicted octanol–water partition coefficient (Wildman–Crippen LogP) is 1.60. The van der Waals surface area contributed by atoms with Crippen molar-refractivity contribution in [1.29, 1.82) is 0 Å². The molecule has 116 valence electrons. The molecule has 3 N–H and O–H groups in total. The number of carbonyl (C=O) groups excluding carboxylic acids is 1. The minimum Gasteiger partial charge on any atom is -0.478 e. The van der Waals surface area contributed by atoms with Crippen LogP contribution in [-0.2, 0) is 9.53 Å². The van der Waals surface area contributed by atoms with Gasteiger partial charge >= 0.3 is 5.97 Å². The van der Waals surface area contributed by atoms with Crippen LogP contribution < -0.4 is 10.6 Å². The van der Waals surface area contributed by atoms with Gasteiger partial charge < -0.3 is 20.5 Å². The largest absolute Gasteiger partial charge is 0.478 e. The molecule has 6 nitrogen and oxygen atoms in total. The number of carboxylic acids is 1. The minimum absolute atomic E-state index is 0.112. The maximum absolute atomic E-state index is 11.9. The molecule has 0 saturated carbocycles. The number of carbonyl (C=O) groups is 2. The third-order valence-electron chi connectivity index (χ3n) is 2.69. The maximum Gasteiger partial charge on any atom is 0.337 e. The van der Waals surface area contributed by atoms with E-state index in [4.69, 9.17) is 10.8 Å². The van der Waals surface area contributed by atoms with E-state index in [1.165, 1.54) is 25.2 Å². The molecular weight excluding hydrogens is 286 g/mol. The monoisotopic (exact) mass is 302 g/mol. The third kappa shape index (κ3) is 4.99. The lowest BCUT2D eigenvalue weighted by Gasteiger charge is -2.19. The van der Waals surface area contributed by atoms with Gasteiger partial charge in [0.25, 0.3) is 6.43 Å². The molecule has 1 aromatic rings.